The molecule has 1 spiro atoms. The molecule has 0 atom stereocenters. The lowest BCUT2D eigenvalue weighted by molar-refractivity contribution is 0.359. The molecule has 2 aliphatic rings. The quantitative estimate of drug-likeness (QED) is 0.824. The van der Waals surface area contributed by atoms with E-state index >= 15 is 0 Å². The van der Waals surface area contributed by atoms with E-state index in [0.29, 0.717) is 5.41 Å². The smallest absolute Gasteiger partial charge is 0.161 e. The van der Waals surface area contributed by atoms with Gasteiger partial charge in [-0.05, 0) is 30.4 Å². The lowest BCUT2D eigenvalue weighted by Gasteiger charge is -2.31. The van der Waals surface area contributed by atoms with Crippen LogP contribution in [0.4, 0.5) is 5.69 Å². The molecule has 1 N–H and O–H groups in total. The minimum absolute atomic E-state index is 0.496. The van der Waals surface area contributed by atoms with Crippen molar-refractivity contribution in [3.05, 3.63) is 29.3 Å². The van der Waals surface area contributed by atoms with Crippen LogP contribution in [0, 0.1) is 5.41 Å². The van der Waals surface area contributed by atoms with Crippen molar-refractivity contribution < 1.29 is 0 Å². The molecule has 0 amide bonds. The number of aliphatic imine (C=N–C) groups is 1. The maximum absolute atomic E-state index is 6.14. The van der Waals surface area contributed by atoms with Gasteiger partial charge < -0.3 is 5.32 Å². The molecular formula is C14H17ClN2S. The van der Waals surface area contributed by atoms with Crippen LogP contribution in [0.15, 0.2) is 29.3 Å². The van der Waals surface area contributed by atoms with Crippen molar-refractivity contribution in [2.24, 2.45) is 10.4 Å². The Balaban J connectivity index is 1.68. The van der Waals surface area contributed by atoms with Crippen LogP contribution in [0.5, 0.6) is 0 Å². The third-order valence-electron chi connectivity index (χ3n) is 3.85. The number of rotatable bonds is 1. The molecular weight excluding hydrogens is 264 g/mol. The predicted molar refractivity (Wildman–Crippen MR) is 80.7 cm³/mol. The Morgan fingerprint density at radius 1 is 1.22 bits per heavy atom. The summed E-state index contributed by atoms with van der Waals surface area (Å²) in [5.41, 5.74) is 1.45. The zero-order valence-electron chi connectivity index (χ0n) is 10.3. The second-order valence-electron chi connectivity index (χ2n) is 5.22. The van der Waals surface area contributed by atoms with Gasteiger partial charge in [-0.2, -0.15) is 0 Å². The van der Waals surface area contributed by atoms with Crippen LogP contribution in [0.1, 0.15) is 25.7 Å². The van der Waals surface area contributed by atoms with E-state index in [1.165, 1.54) is 31.4 Å². The average Bonchev–Trinajstić information content (AvgIpc) is 2.84. The number of nitrogens with zero attached hydrogens (tertiary/aromatic N) is 1. The number of hydrogen-bond donors (Lipinski definition) is 1. The molecule has 0 radical (unpaired) electrons. The number of thioether (sulfide) groups is 1. The van der Waals surface area contributed by atoms with E-state index < -0.39 is 0 Å². The SMILES string of the molecule is Clc1ccccc1NC1=NCC2(CCCC2)CS1. The highest BCUT2D eigenvalue weighted by atomic mass is 35.5. The van der Waals surface area contributed by atoms with Gasteiger partial charge in [-0.15, -0.1) is 0 Å². The Labute approximate surface area is 117 Å². The Morgan fingerprint density at radius 3 is 2.67 bits per heavy atom. The van der Waals surface area contributed by atoms with Crippen LogP contribution in [0.25, 0.3) is 0 Å². The summed E-state index contributed by atoms with van der Waals surface area (Å²) in [6.07, 6.45) is 5.46. The van der Waals surface area contributed by atoms with Gasteiger partial charge in [0, 0.05) is 12.3 Å². The maximum Gasteiger partial charge on any atom is 0.161 e. The summed E-state index contributed by atoms with van der Waals surface area (Å²) in [7, 11) is 0. The van der Waals surface area contributed by atoms with Crippen molar-refractivity contribution in [3.63, 3.8) is 0 Å². The van der Waals surface area contributed by atoms with Crippen LogP contribution < -0.4 is 5.32 Å². The van der Waals surface area contributed by atoms with Crippen molar-refractivity contribution in [2.75, 3.05) is 17.6 Å². The Kier molecular flexibility index (Phi) is 3.53. The standard InChI is InChI=1S/C14H17ClN2S/c15-11-5-1-2-6-12(11)17-13-16-9-14(10-18-13)7-3-4-8-14/h1-2,5-6H,3-4,7-10H2,(H,16,17). The van der Waals surface area contributed by atoms with Crippen LogP contribution in [-0.4, -0.2) is 17.5 Å². The molecule has 96 valence electrons. The van der Waals surface area contributed by atoms with Crippen molar-refractivity contribution in [1.29, 1.82) is 0 Å². The number of hydrogen-bond acceptors (Lipinski definition) is 3. The fraction of sp³-hybridized carbons (Fsp3) is 0.500. The van der Waals surface area contributed by atoms with Gasteiger partial charge in [0.05, 0.1) is 10.7 Å². The number of para-hydroxylation sites is 1. The Bertz CT molecular complexity index is 467. The van der Waals surface area contributed by atoms with Crippen molar-refractivity contribution in [1.82, 2.24) is 0 Å². The van der Waals surface area contributed by atoms with Crippen molar-refractivity contribution >= 4 is 34.2 Å². The summed E-state index contributed by atoms with van der Waals surface area (Å²) >= 11 is 7.98. The van der Waals surface area contributed by atoms with Crippen LogP contribution in [0.2, 0.25) is 5.02 Å². The minimum Gasteiger partial charge on any atom is -0.334 e. The highest BCUT2D eigenvalue weighted by Gasteiger charge is 2.36. The number of nitrogens with one attached hydrogen (secondary N) is 1. The molecule has 0 unspecified atom stereocenters. The lowest BCUT2D eigenvalue weighted by atomic mass is 9.89. The van der Waals surface area contributed by atoms with Gasteiger partial charge in [-0.1, -0.05) is 48.3 Å². The summed E-state index contributed by atoms with van der Waals surface area (Å²) in [5, 5.41) is 5.10. The van der Waals surface area contributed by atoms with Gasteiger partial charge in [0.15, 0.2) is 5.17 Å². The molecule has 1 heterocycles. The minimum atomic E-state index is 0.496. The van der Waals surface area contributed by atoms with Crippen molar-refractivity contribution in [3.8, 4) is 0 Å². The van der Waals surface area contributed by atoms with E-state index in [1.807, 2.05) is 36.0 Å². The fourth-order valence-electron chi connectivity index (χ4n) is 2.73. The first-order valence-electron chi connectivity index (χ1n) is 6.46. The number of anilines is 1. The Morgan fingerprint density at radius 2 is 2.00 bits per heavy atom. The molecule has 1 fully saturated rings. The molecule has 1 aliphatic heterocycles. The second kappa shape index (κ2) is 5.14. The van der Waals surface area contributed by atoms with E-state index in [2.05, 4.69) is 5.32 Å². The molecule has 3 rings (SSSR count). The zero-order chi connectivity index (χ0) is 12.4. The molecule has 1 aliphatic carbocycles. The van der Waals surface area contributed by atoms with E-state index in [-0.39, 0.29) is 0 Å². The highest BCUT2D eigenvalue weighted by Crippen LogP contribution is 2.43. The van der Waals surface area contributed by atoms with Gasteiger partial charge in [-0.3, -0.25) is 4.99 Å². The summed E-state index contributed by atoms with van der Waals surface area (Å²) in [4.78, 5) is 4.71. The molecule has 1 aromatic rings. The molecule has 1 aromatic carbocycles. The number of amidine groups is 1. The van der Waals surface area contributed by atoms with Crippen LogP contribution >= 0.6 is 23.4 Å². The van der Waals surface area contributed by atoms with E-state index in [9.17, 15) is 0 Å². The van der Waals surface area contributed by atoms with Crippen LogP contribution in [-0.2, 0) is 0 Å². The number of benzene rings is 1. The summed E-state index contributed by atoms with van der Waals surface area (Å²) in [5.74, 6) is 1.20. The van der Waals surface area contributed by atoms with E-state index in [0.717, 1.165) is 22.4 Å². The second-order valence-corrected chi connectivity index (χ2v) is 6.59. The number of halogens is 1. The van der Waals surface area contributed by atoms with Crippen LogP contribution in [0.3, 0.4) is 0 Å². The maximum atomic E-state index is 6.14. The zero-order valence-corrected chi connectivity index (χ0v) is 11.9. The predicted octanol–water partition coefficient (Wildman–Crippen LogP) is 4.42. The Hall–Kier alpha value is -0.670. The van der Waals surface area contributed by atoms with Gasteiger partial charge in [0.25, 0.3) is 0 Å². The largest absolute Gasteiger partial charge is 0.334 e. The topological polar surface area (TPSA) is 24.4 Å². The summed E-state index contributed by atoms with van der Waals surface area (Å²) in [6.45, 7) is 0.979. The first-order chi connectivity index (χ1) is 8.77. The van der Waals surface area contributed by atoms with Gasteiger partial charge in [0.1, 0.15) is 0 Å². The molecule has 4 heteroatoms. The lowest BCUT2D eigenvalue weighted by Crippen LogP contribution is -2.30. The van der Waals surface area contributed by atoms with Gasteiger partial charge in [-0.25, -0.2) is 0 Å². The molecule has 2 nitrogen and oxygen atoms in total. The van der Waals surface area contributed by atoms with Crippen molar-refractivity contribution in [2.45, 2.75) is 25.7 Å². The average molecular weight is 281 g/mol. The van der Waals surface area contributed by atoms with E-state index in [1.54, 1.807) is 0 Å². The monoisotopic (exact) mass is 280 g/mol. The van der Waals surface area contributed by atoms with Gasteiger partial charge >= 0.3 is 0 Å². The molecule has 0 aromatic heterocycles. The first-order valence-corrected chi connectivity index (χ1v) is 7.83. The summed E-state index contributed by atoms with van der Waals surface area (Å²) in [6, 6.07) is 7.82. The molecule has 0 saturated heterocycles. The van der Waals surface area contributed by atoms with E-state index in [4.69, 9.17) is 16.6 Å². The molecule has 18 heavy (non-hydrogen) atoms. The molecule has 1 saturated carbocycles. The highest BCUT2D eigenvalue weighted by molar-refractivity contribution is 8.14. The third-order valence-corrected chi connectivity index (χ3v) is 5.44. The van der Waals surface area contributed by atoms with Gasteiger partial charge in [0.2, 0.25) is 0 Å². The first kappa shape index (κ1) is 12.4. The third kappa shape index (κ3) is 2.52. The fourth-order valence-corrected chi connectivity index (χ4v) is 4.08. The molecule has 0 bridgehead atoms. The summed E-state index contributed by atoms with van der Waals surface area (Å²) < 4.78 is 0. The normalized spacial score (nSPS) is 21.9.